The first-order chi connectivity index (χ1) is 8.56. The van der Waals surface area contributed by atoms with Crippen molar-refractivity contribution < 1.29 is 0 Å². The molecule has 0 saturated carbocycles. The number of thiazole rings is 1. The fourth-order valence-corrected chi connectivity index (χ4v) is 3.72. The second-order valence-electron chi connectivity index (χ2n) is 5.50. The molecule has 1 aromatic rings. The van der Waals surface area contributed by atoms with Gasteiger partial charge in [-0.25, -0.2) is 4.98 Å². The Hall–Kier alpha value is -0.450. The third-order valence-corrected chi connectivity index (χ3v) is 5.03. The fourth-order valence-electron chi connectivity index (χ4n) is 2.78. The molecule has 2 unspecified atom stereocenters. The van der Waals surface area contributed by atoms with Crippen LogP contribution in [-0.2, 0) is 0 Å². The summed E-state index contributed by atoms with van der Waals surface area (Å²) in [5.74, 6) is 0. The molecule has 2 rings (SSSR count). The van der Waals surface area contributed by atoms with Crippen LogP contribution in [0.2, 0.25) is 0 Å². The first kappa shape index (κ1) is 14.0. The van der Waals surface area contributed by atoms with Crippen LogP contribution >= 0.6 is 11.3 Å². The highest BCUT2D eigenvalue weighted by molar-refractivity contribution is 7.11. The number of aromatic nitrogens is 1. The number of nitrogens with zero attached hydrogens (tertiary/aromatic N) is 2. The molecule has 4 heteroatoms. The van der Waals surface area contributed by atoms with Gasteiger partial charge in [0, 0.05) is 17.0 Å². The normalized spacial score (nSPS) is 23.9. The molecule has 0 spiro atoms. The molecule has 0 aliphatic carbocycles. The quantitative estimate of drug-likeness (QED) is 0.913. The highest BCUT2D eigenvalue weighted by atomic mass is 32.1. The van der Waals surface area contributed by atoms with Crippen molar-refractivity contribution in [3.63, 3.8) is 0 Å². The van der Waals surface area contributed by atoms with E-state index in [1.165, 1.54) is 47.9 Å². The molecule has 2 atom stereocenters. The molecule has 0 aromatic carbocycles. The Bertz CT molecular complexity index is 388. The van der Waals surface area contributed by atoms with E-state index in [4.69, 9.17) is 0 Å². The van der Waals surface area contributed by atoms with Gasteiger partial charge in [-0.15, -0.1) is 11.3 Å². The smallest absolute Gasteiger partial charge is 0.0900 e. The highest BCUT2D eigenvalue weighted by Gasteiger charge is 2.19. The number of rotatable bonds is 3. The highest BCUT2D eigenvalue weighted by Crippen LogP contribution is 2.25. The second-order valence-corrected chi connectivity index (χ2v) is 6.74. The minimum Gasteiger partial charge on any atom is -0.307 e. The average Bonchev–Trinajstić information content (AvgIpc) is 2.51. The summed E-state index contributed by atoms with van der Waals surface area (Å²) < 4.78 is 0. The summed E-state index contributed by atoms with van der Waals surface area (Å²) in [6.07, 6.45) is 3.87. The molecule has 18 heavy (non-hydrogen) atoms. The summed E-state index contributed by atoms with van der Waals surface area (Å²) in [6.45, 7) is 8.94. The van der Waals surface area contributed by atoms with Gasteiger partial charge in [-0.05, 0) is 60.2 Å². The van der Waals surface area contributed by atoms with Gasteiger partial charge in [-0.1, -0.05) is 0 Å². The van der Waals surface area contributed by atoms with Crippen molar-refractivity contribution in [3.05, 3.63) is 15.6 Å². The van der Waals surface area contributed by atoms with Crippen LogP contribution in [0.4, 0.5) is 0 Å². The lowest BCUT2D eigenvalue weighted by Gasteiger charge is -2.21. The van der Waals surface area contributed by atoms with Crippen LogP contribution in [-0.4, -0.2) is 36.1 Å². The third kappa shape index (κ3) is 3.53. The Morgan fingerprint density at radius 1 is 1.33 bits per heavy atom. The number of hydrogen-bond donors (Lipinski definition) is 1. The Morgan fingerprint density at radius 2 is 2.11 bits per heavy atom. The van der Waals surface area contributed by atoms with Crippen molar-refractivity contribution in [2.75, 3.05) is 20.1 Å². The van der Waals surface area contributed by atoms with E-state index in [2.05, 4.69) is 43.0 Å². The minimum atomic E-state index is 0.435. The van der Waals surface area contributed by atoms with Crippen molar-refractivity contribution in [1.29, 1.82) is 0 Å². The molecule has 1 fully saturated rings. The van der Waals surface area contributed by atoms with E-state index in [9.17, 15) is 0 Å². The number of nitrogens with one attached hydrogen (secondary N) is 1. The molecule has 102 valence electrons. The van der Waals surface area contributed by atoms with Gasteiger partial charge in [0.1, 0.15) is 0 Å². The van der Waals surface area contributed by atoms with Crippen LogP contribution in [0.15, 0.2) is 0 Å². The SMILES string of the molecule is Cc1nc(C)c(C(C)NC2CCCN(C)CC2)s1. The molecule has 3 nitrogen and oxygen atoms in total. The standard InChI is InChI=1S/C14H25N3S/c1-10-14(18-12(3)15-10)11(2)16-13-6-5-8-17(4)9-7-13/h11,13,16H,5-9H2,1-4H3. The van der Waals surface area contributed by atoms with Gasteiger partial charge in [-0.2, -0.15) is 0 Å². The van der Waals surface area contributed by atoms with E-state index in [0.717, 1.165) is 0 Å². The molecule has 1 aliphatic heterocycles. The monoisotopic (exact) mass is 267 g/mol. The molecular weight excluding hydrogens is 242 g/mol. The van der Waals surface area contributed by atoms with Crippen molar-refractivity contribution in [2.45, 2.75) is 52.1 Å². The van der Waals surface area contributed by atoms with Crippen molar-refractivity contribution >= 4 is 11.3 Å². The van der Waals surface area contributed by atoms with Crippen LogP contribution in [0, 0.1) is 13.8 Å². The second kappa shape index (κ2) is 6.13. The van der Waals surface area contributed by atoms with E-state index in [1.807, 2.05) is 11.3 Å². The van der Waals surface area contributed by atoms with E-state index in [1.54, 1.807) is 0 Å². The molecule has 0 bridgehead atoms. The topological polar surface area (TPSA) is 28.2 Å². The maximum absolute atomic E-state index is 4.53. The molecular formula is C14H25N3S. The lowest BCUT2D eigenvalue weighted by Crippen LogP contribution is -2.32. The summed E-state index contributed by atoms with van der Waals surface area (Å²) in [6, 6.07) is 1.09. The molecule has 0 amide bonds. The maximum Gasteiger partial charge on any atom is 0.0900 e. The molecule has 1 aliphatic rings. The lowest BCUT2D eigenvalue weighted by atomic mass is 10.1. The molecule has 0 radical (unpaired) electrons. The van der Waals surface area contributed by atoms with Crippen molar-refractivity contribution in [2.24, 2.45) is 0 Å². The zero-order valence-electron chi connectivity index (χ0n) is 12.0. The predicted octanol–water partition coefficient (Wildman–Crippen LogP) is 2.89. The minimum absolute atomic E-state index is 0.435. The van der Waals surface area contributed by atoms with Crippen LogP contribution < -0.4 is 5.32 Å². The van der Waals surface area contributed by atoms with Crippen LogP contribution in [0.3, 0.4) is 0 Å². The molecule has 1 N–H and O–H groups in total. The van der Waals surface area contributed by atoms with Gasteiger partial charge in [-0.3, -0.25) is 0 Å². The Kier molecular flexibility index (Phi) is 4.76. The zero-order chi connectivity index (χ0) is 13.1. The molecule has 1 saturated heterocycles. The van der Waals surface area contributed by atoms with Crippen molar-refractivity contribution in [1.82, 2.24) is 15.2 Å². The summed E-state index contributed by atoms with van der Waals surface area (Å²) in [5.41, 5.74) is 1.20. The Labute approximate surface area is 115 Å². The van der Waals surface area contributed by atoms with Gasteiger partial charge >= 0.3 is 0 Å². The summed E-state index contributed by atoms with van der Waals surface area (Å²) in [7, 11) is 2.22. The Morgan fingerprint density at radius 3 is 2.78 bits per heavy atom. The van der Waals surface area contributed by atoms with Gasteiger partial charge in [0.25, 0.3) is 0 Å². The van der Waals surface area contributed by atoms with E-state index in [-0.39, 0.29) is 0 Å². The fraction of sp³-hybridized carbons (Fsp3) is 0.786. The molecule has 2 heterocycles. The van der Waals surface area contributed by atoms with E-state index < -0.39 is 0 Å². The summed E-state index contributed by atoms with van der Waals surface area (Å²) in [4.78, 5) is 8.37. The van der Waals surface area contributed by atoms with E-state index >= 15 is 0 Å². The van der Waals surface area contributed by atoms with Crippen molar-refractivity contribution in [3.8, 4) is 0 Å². The number of likely N-dealkylation sites (tertiary alicyclic amines) is 1. The van der Waals surface area contributed by atoms with Gasteiger partial charge in [0.2, 0.25) is 0 Å². The third-order valence-electron chi connectivity index (χ3n) is 3.77. The summed E-state index contributed by atoms with van der Waals surface area (Å²) >= 11 is 1.83. The van der Waals surface area contributed by atoms with Crippen LogP contribution in [0.1, 0.15) is 47.8 Å². The van der Waals surface area contributed by atoms with Crippen LogP contribution in [0.25, 0.3) is 0 Å². The average molecular weight is 267 g/mol. The lowest BCUT2D eigenvalue weighted by molar-refractivity contribution is 0.340. The first-order valence-electron chi connectivity index (χ1n) is 6.95. The summed E-state index contributed by atoms with van der Waals surface area (Å²) in [5, 5.41) is 4.97. The molecule has 1 aromatic heterocycles. The zero-order valence-corrected chi connectivity index (χ0v) is 12.8. The predicted molar refractivity (Wildman–Crippen MR) is 78.3 cm³/mol. The first-order valence-corrected chi connectivity index (χ1v) is 7.76. The largest absolute Gasteiger partial charge is 0.307 e. The van der Waals surface area contributed by atoms with Crippen LogP contribution in [0.5, 0.6) is 0 Å². The maximum atomic E-state index is 4.53. The Balaban J connectivity index is 1.94. The number of hydrogen-bond acceptors (Lipinski definition) is 4. The number of aryl methyl sites for hydroxylation is 2. The van der Waals surface area contributed by atoms with Gasteiger partial charge < -0.3 is 10.2 Å². The van der Waals surface area contributed by atoms with Gasteiger partial charge in [0.05, 0.1) is 10.7 Å². The van der Waals surface area contributed by atoms with Gasteiger partial charge in [0.15, 0.2) is 0 Å². The van der Waals surface area contributed by atoms with E-state index in [0.29, 0.717) is 12.1 Å².